The molecule has 0 saturated heterocycles. The van der Waals surface area contributed by atoms with E-state index in [0.717, 1.165) is 28.2 Å². The van der Waals surface area contributed by atoms with Gasteiger partial charge in [-0.2, -0.15) is 0 Å². The van der Waals surface area contributed by atoms with E-state index in [4.69, 9.17) is 0 Å². The molecule has 1 nitrogen and oxygen atoms in total. The number of hydrogen-bond acceptors (Lipinski definition) is 1. The summed E-state index contributed by atoms with van der Waals surface area (Å²) in [5.74, 6) is 0. The van der Waals surface area contributed by atoms with E-state index < -0.39 is 0 Å². The molecule has 0 radical (unpaired) electrons. The van der Waals surface area contributed by atoms with E-state index in [9.17, 15) is 0 Å². The first-order valence-corrected chi connectivity index (χ1v) is 22.4. The van der Waals surface area contributed by atoms with Crippen molar-refractivity contribution in [3.8, 4) is 55.6 Å². The largest absolute Gasteiger partial charge is 0.310 e. The minimum atomic E-state index is 1.08. The smallest absolute Gasteiger partial charge is 0.0546 e. The SMILES string of the molecule is c1ccc(-c2ccc(-c3ccc(N(c4ccc(-c5ccc6c(ccc7ccccc76)c5)cc4)c4cc(-c5ccc6ccccc6c5)ccc4-c4ccc5ccccc5c4)cc3)cc2)cc1. The molecule has 0 amide bonds. The topological polar surface area (TPSA) is 3.24 Å². The fraction of sp³-hybridized carbons (Fsp3) is 0. The van der Waals surface area contributed by atoms with Crippen molar-refractivity contribution in [3.05, 3.63) is 261 Å². The Labute approximate surface area is 379 Å². The van der Waals surface area contributed by atoms with Crippen LogP contribution in [0.5, 0.6) is 0 Å². The molecule has 0 heterocycles. The molecule has 12 rings (SSSR count). The van der Waals surface area contributed by atoms with Crippen molar-refractivity contribution in [1.29, 1.82) is 0 Å². The first-order valence-electron chi connectivity index (χ1n) is 22.4. The normalized spacial score (nSPS) is 11.4. The lowest BCUT2D eigenvalue weighted by Gasteiger charge is -2.29. The lowest BCUT2D eigenvalue weighted by molar-refractivity contribution is 1.28. The maximum Gasteiger partial charge on any atom is 0.0546 e. The van der Waals surface area contributed by atoms with E-state index in [1.807, 2.05) is 0 Å². The lowest BCUT2D eigenvalue weighted by atomic mass is 9.94. The lowest BCUT2D eigenvalue weighted by Crippen LogP contribution is -2.11. The van der Waals surface area contributed by atoms with Crippen LogP contribution in [0.2, 0.25) is 0 Å². The summed E-state index contributed by atoms with van der Waals surface area (Å²) in [5, 5.41) is 9.98. The predicted octanol–water partition coefficient (Wildman–Crippen LogP) is 18.1. The highest BCUT2D eigenvalue weighted by atomic mass is 15.1. The molecule has 12 aromatic rings. The molecule has 0 unspecified atom stereocenters. The summed E-state index contributed by atoms with van der Waals surface area (Å²) in [6, 6.07) is 95.5. The molecule has 0 aliphatic carbocycles. The van der Waals surface area contributed by atoms with Crippen LogP contribution < -0.4 is 4.90 Å². The molecule has 0 aliphatic rings. The molecule has 65 heavy (non-hydrogen) atoms. The molecule has 304 valence electrons. The van der Waals surface area contributed by atoms with Gasteiger partial charge in [-0.3, -0.25) is 0 Å². The van der Waals surface area contributed by atoms with Gasteiger partial charge in [0, 0.05) is 16.9 Å². The summed E-state index contributed by atoms with van der Waals surface area (Å²) in [5.41, 5.74) is 15.1. The number of benzene rings is 12. The number of rotatable bonds is 8. The van der Waals surface area contributed by atoms with Crippen molar-refractivity contribution in [2.24, 2.45) is 0 Å². The van der Waals surface area contributed by atoms with Gasteiger partial charge in [-0.1, -0.05) is 212 Å². The summed E-state index contributed by atoms with van der Waals surface area (Å²) < 4.78 is 0. The van der Waals surface area contributed by atoms with Crippen molar-refractivity contribution >= 4 is 60.2 Å². The molecule has 0 spiro atoms. The zero-order valence-corrected chi connectivity index (χ0v) is 35.8. The predicted molar refractivity (Wildman–Crippen MR) is 278 cm³/mol. The molecule has 1 heteroatoms. The van der Waals surface area contributed by atoms with E-state index in [1.165, 1.54) is 87.6 Å². The Morgan fingerprint density at radius 1 is 0.200 bits per heavy atom. The van der Waals surface area contributed by atoms with Crippen LogP contribution in [-0.4, -0.2) is 0 Å². The van der Waals surface area contributed by atoms with Gasteiger partial charge >= 0.3 is 0 Å². The zero-order chi connectivity index (χ0) is 43.1. The van der Waals surface area contributed by atoms with Crippen LogP contribution in [0, 0.1) is 0 Å². The Morgan fingerprint density at radius 3 is 1.22 bits per heavy atom. The van der Waals surface area contributed by atoms with Gasteiger partial charge in [0.2, 0.25) is 0 Å². The van der Waals surface area contributed by atoms with E-state index in [0.29, 0.717) is 0 Å². The third-order valence-corrected chi connectivity index (χ3v) is 13.0. The van der Waals surface area contributed by atoms with Gasteiger partial charge in [-0.25, -0.2) is 0 Å². The quantitative estimate of drug-likeness (QED) is 0.138. The number of nitrogens with zero attached hydrogens (tertiary/aromatic N) is 1. The van der Waals surface area contributed by atoms with Crippen molar-refractivity contribution in [1.82, 2.24) is 0 Å². The highest BCUT2D eigenvalue weighted by molar-refractivity contribution is 6.08. The average molecular weight is 826 g/mol. The van der Waals surface area contributed by atoms with Crippen molar-refractivity contribution in [3.63, 3.8) is 0 Å². The second-order valence-electron chi connectivity index (χ2n) is 17.0. The van der Waals surface area contributed by atoms with Crippen molar-refractivity contribution < 1.29 is 0 Å². The minimum absolute atomic E-state index is 1.08. The molecule has 0 N–H and O–H groups in total. The molecular formula is C64H43N. The Bertz CT molecular complexity index is 3680. The molecule has 0 atom stereocenters. The van der Waals surface area contributed by atoms with Gasteiger partial charge in [0.1, 0.15) is 0 Å². The van der Waals surface area contributed by atoms with Gasteiger partial charge in [-0.15, -0.1) is 0 Å². The number of fused-ring (bicyclic) bond motifs is 5. The van der Waals surface area contributed by atoms with Crippen molar-refractivity contribution in [2.75, 3.05) is 4.90 Å². The summed E-state index contributed by atoms with van der Waals surface area (Å²) in [6.45, 7) is 0. The molecule has 12 aromatic carbocycles. The van der Waals surface area contributed by atoms with Crippen LogP contribution in [-0.2, 0) is 0 Å². The second kappa shape index (κ2) is 16.3. The van der Waals surface area contributed by atoms with Gasteiger partial charge in [0.25, 0.3) is 0 Å². The first-order chi connectivity index (χ1) is 32.2. The standard InChI is InChI=1S/C64H43N/c1-2-10-44(11-3-1)47-18-20-48(21-19-47)49-28-34-59(35-29-49)65(60-36-30-50(31-37-60)54-32-38-62-57(42-54)27-24-51-14-8-9-17-61(51)62)64-43-56(55-25-22-45-12-4-6-15-52(45)40-55)33-39-63(64)58-26-23-46-13-5-7-16-53(46)41-58/h1-43H. The van der Waals surface area contributed by atoms with Crippen LogP contribution in [0.4, 0.5) is 17.1 Å². The Morgan fingerprint density at radius 2 is 0.569 bits per heavy atom. The zero-order valence-electron chi connectivity index (χ0n) is 35.8. The number of anilines is 3. The maximum absolute atomic E-state index is 2.44. The van der Waals surface area contributed by atoms with Crippen LogP contribution in [0.3, 0.4) is 0 Å². The van der Waals surface area contributed by atoms with Crippen LogP contribution in [0.15, 0.2) is 261 Å². The summed E-state index contributed by atoms with van der Waals surface area (Å²) in [4.78, 5) is 2.44. The monoisotopic (exact) mass is 825 g/mol. The third kappa shape index (κ3) is 7.30. The van der Waals surface area contributed by atoms with Crippen LogP contribution >= 0.6 is 0 Å². The average Bonchev–Trinajstić information content (AvgIpc) is 3.39. The third-order valence-electron chi connectivity index (χ3n) is 13.0. The fourth-order valence-corrected chi connectivity index (χ4v) is 9.58. The Kier molecular flexibility index (Phi) is 9.58. The second-order valence-corrected chi connectivity index (χ2v) is 17.0. The van der Waals surface area contributed by atoms with Gasteiger partial charge in [0.05, 0.1) is 5.69 Å². The molecular weight excluding hydrogens is 783 g/mol. The van der Waals surface area contributed by atoms with Gasteiger partial charge in [0.15, 0.2) is 0 Å². The molecule has 0 bridgehead atoms. The minimum Gasteiger partial charge on any atom is -0.310 e. The summed E-state index contributed by atoms with van der Waals surface area (Å²) in [6.07, 6.45) is 0. The van der Waals surface area contributed by atoms with E-state index in [2.05, 4.69) is 266 Å². The highest BCUT2D eigenvalue weighted by Crippen LogP contribution is 2.45. The van der Waals surface area contributed by atoms with Crippen LogP contribution in [0.25, 0.3) is 98.7 Å². The Balaban J connectivity index is 1.00. The molecule has 0 aliphatic heterocycles. The molecule has 0 fully saturated rings. The highest BCUT2D eigenvalue weighted by Gasteiger charge is 2.20. The van der Waals surface area contributed by atoms with Gasteiger partial charge < -0.3 is 4.90 Å². The first kappa shape index (κ1) is 38.2. The van der Waals surface area contributed by atoms with E-state index in [-0.39, 0.29) is 0 Å². The molecule has 0 aromatic heterocycles. The Hall–Kier alpha value is -8.52. The van der Waals surface area contributed by atoms with E-state index in [1.54, 1.807) is 0 Å². The van der Waals surface area contributed by atoms with E-state index >= 15 is 0 Å². The maximum atomic E-state index is 2.44. The summed E-state index contributed by atoms with van der Waals surface area (Å²) in [7, 11) is 0. The van der Waals surface area contributed by atoms with Gasteiger partial charge in [-0.05, 0) is 142 Å². The summed E-state index contributed by atoms with van der Waals surface area (Å²) >= 11 is 0. The fourth-order valence-electron chi connectivity index (χ4n) is 9.58. The van der Waals surface area contributed by atoms with Crippen molar-refractivity contribution in [2.45, 2.75) is 0 Å². The van der Waals surface area contributed by atoms with Crippen LogP contribution in [0.1, 0.15) is 0 Å². The molecule has 0 saturated carbocycles. The number of hydrogen-bond donors (Lipinski definition) is 0.